The molecule has 0 aliphatic heterocycles. The molecule has 0 saturated heterocycles. The van der Waals surface area contributed by atoms with Gasteiger partial charge >= 0.3 is 31.3 Å². The summed E-state index contributed by atoms with van der Waals surface area (Å²) in [5.74, 6) is 0. The number of hydrogen-bond donors (Lipinski definition) is 8. The quantitative estimate of drug-likeness (QED) is 0.0762. The lowest BCUT2D eigenvalue weighted by Crippen LogP contribution is -2.68. The molecule has 25 heteroatoms. The average Bonchev–Trinajstić information content (AvgIpc) is 3.32. The number of benzene rings is 2. The van der Waals surface area contributed by atoms with Crippen LogP contribution < -0.4 is 4.84 Å². The van der Waals surface area contributed by atoms with Crippen molar-refractivity contribution in [1.29, 1.82) is 0 Å². The lowest BCUT2D eigenvalue weighted by molar-refractivity contribution is -0.236. The minimum absolute atomic E-state index is 0.119. The van der Waals surface area contributed by atoms with E-state index in [9.17, 15) is 57.4 Å². The van der Waals surface area contributed by atoms with Crippen molar-refractivity contribution >= 4 is 42.3 Å². The lowest BCUT2D eigenvalue weighted by Gasteiger charge is -2.48. The Morgan fingerprint density at radius 1 is 0.609 bits per heavy atom. The van der Waals surface area contributed by atoms with E-state index in [4.69, 9.17) is 18.6 Å². The largest absolute Gasteiger partial charge is 0.470 e. The average molecular weight is 735 g/mol. The smallest absolute Gasteiger partial charge is 0.386 e. The Labute approximate surface area is 258 Å². The van der Waals surface area contributed by atoms with Crippen LogP contribution in [0, 0.1) is 0 Å². The van der Waals surface area contributed by atoms with Crippen molar-refractivity contribution in [2.45, 2.75) is 49.5 Å². The minimum atomic E-state index is -5.78. The highest BCUT2D eigenvalue weighted by Crippen LogP contribution is 2.53. The van der Waals surface area contributed by atoms with Crippen molar-refractivity contribution in [3.05, 3.63) is 60.2 Å². The van der Waals surface area contributed by atoms with Gasteiger partial charge in [-0.15, -0.1) is 5.10 Å². The van der Waals surface area contributed by atoms with E-state index in [0.717, 1.165) is 5.56 Å². The number of phosphoric ester groups is 4. The van der Waals surface area contributed by atoms with Crippen molar-refractivity contribution in [1.82, 2.24) is 15.2 Å². The fourth-order valence-corrected chi connectivity index (χ4v) is 6.95. The van der Waals surface area contributed by atoms with Crippen LogP contribution >= 0.6 is 31.3 Å². The third kappa shape index (κ3) is 10.8. The van der Waals surface area contributed by atoms with Crippen LogP contribution in [0.3, 0.4) is 0 Å². The number of hydrogen-bond acceptors (Lipinski definition) is 12. The number of para-hydroxylation sites is 1. The predicted molar refractivity (Wildman–Crippen MR) is 150 cm³/mol. The molecule has 1 heterocycles. The zero-order valence-corrected chi connectivity index (χ0v) is 26.6. The van der Waals surface area contributed by atoms with Gasteiger partial charge in [0, 0.05) is 6.61 Å². The zero-order chi connectivity index (χ0) is 33.9. The highest BCUT2D eigenvalue weighted by Gasteiger charge is 2.61. The van der Waals surface area contributed by atoms with E-state index < -0.39 is 67.9 Å². The molecule has 0 unspecified atom stereocenters. The summed E-state index contributed by atoms with van der Waals surface area (Å²) in [5.41, 5.74) is 1.19. The van der Waals surface area contributed by atoms with Gasteiger partial charge in [0.15, 0.2) is 6.10 Å². The normalized spacial score (nSPS) is 24.7. The maximum atomic E-state index is 12.1. The van der Waals surface area contributed by atoms with Gasteiger partial charge in [-0.05, 0) is 35.8 Å². The fraction of sp³-hybridized carbons (Fsp3) is 0.429. The standard InChI is InChI=1S/C21H29N3O18P4/c25-43(26,27)39-18-16(37-12-6-9-13-7-2-1-3-8-13)17(38-24-15-11-5-4-10-14(15)22-23-24)19(40-44(28,29)30)21(42-46(34,35)36)20(18)41-45(31,32)33/h1-5,7-8,10-11,16-21H,6,9,12H2,(H2,25,26,27)(H2,28,29,30)(H2,31,32,33)(H2,34,35,36)/t16-,17+,18+,19+,20-,21-/m1/s1. The molecule has 1 aliphatic carbocycles. The number of rotatable bonds is 15. The zero-order valence-electron chi connectivity index (χ0n) is 23.1. The van der Waals surface area contributed by atoms with Crippen LogP contribution in [-0.2, 0) is 47.5 Å². The van der Waals surface area contributed by atoms with Crippen LogP contribution in [-0.4, -0.2) is 97.5 Å². The van der Waals surface area contributed by atoms with Crippen molar-refractivity contribution in [2.75, 3.05) is 6.61 Å². The monoisotopic (exact) mass is 735 g/mol. The third-order valence-corrected chi connectivity index (χ3v) is 8.36. The van der Waals surface area contributed by atoms with Crippen LogP contribution in [0.2, 0.25) is 0 Å². The Morgan fingerprint density at radius 3 is 1.59 bits per heavy atom. The number of fused-ring (bicyclic) bond motifs is 1. The lowest BCUT2D eigenvalue weighted by atomic mass is 9.84. The number of phosphoric acid groups is 4. The molecule has 1 aromatic heterocycles. The molecule has 2 aromatic carbocycles. The highest BCUT2D eigenvalue weighted by atomic mass is 31.2. The van der Waals surface area contributed by atoms with Gasteiger partial charge in [0.1, 0.15) is 41.6 Å². The van der Waals surface area contributed by atoms with E-state index in [2.05, 4.69) is 19.4 Å². The van der Waals surface area contributed by atoms with Crippen LogP contribution in [0.1, 0.15) is 12.0 Å². The first kappa shape index (κ1) is 36.9. The van der Waals surface area contributed by atoms with Gasteiger partial charge in [0.2, 0.25) is 0 Å². The van der Waals surface area contributed by atoms with Gasteiger partial charge in [0.25, 0.3) is 0 Å². The summed E-state index contributed by atoms with van der Waals surface area (Å²) >= 11 is 0. The van der Waals surface area contributed by atoms with Gasteiger partial charge in [0.05, 0.1) is 0 Å². The number of aryl methyl sites for hydroxylation is 1. The van der Waals surface area contributed by atoms with Crippen LogP contribution in [0.5, 0.6) is 0 Å². The van der Waals surface area contributed by atoms with E-state index in [-0.39, 0.29) is 24.1 Å². The van der Waals surface area contributed by atoms with Gasteiger partial charge in [-0.25, -0.2) is 18.3 Å². The molecule has 8 N–H and O–H groups in total. The first-order chi connectivity index (χ1) is 21.3. The molecule has 4 rings (SSSR count). The molecule has 3 aromatic rings. The number of ether oxygens (including phenoxy) is 1. The third-order valence-electron chi connectivity index (χ3n) is 6.28. The van der Waals surface area contributed by atoms with Crippen LogP contribution in [0.15, 0.2) is 54.6 Å². The van der Waals surface area contributed by atoms with E-state index in [0.29, 0.717) is 11.3 Å². The van der Waals surface area contributed by atoms with Crippen molar-refractivity contribution < 1.29 is 85.1 Å². The Hall–Kier alpha value is -1.96. The molecular weight excluding hydrogens is 706 g/mol. The first-order valence-corrected chi connectivity index (χ1v) is 19.0. The van der Waals surface area contributed by atoms with Gasteiger partial charge < -0.3 is 48.7 Å². The van der Waals surface area contributed by atoms with Gasteiger partial charge in [-0.1, -0.05) is 47.3 Å². The predicted octanol–water partition coefficient (Wildman–Crippen LogP) is 0.172. The molecular formula is C21H29N3O18P4. The minimum Gasteiger partial charge on any atom is -0.386 e. The summed E-state index contributed by atoms with van der Waals surface area (Å²) in [5, 5.41) is 7.62. The topological polar surface area (TPSA) is 316 Å². The van der Waals surface area contributed by atoms with Crippen LogP contribution in [0.25, 0.3) is 11.0 Å². The Kier molecular flexibility index (Phi) is 11.7. The first-order valence-electron chi connectivity index (χ1n) is 12.9. The summed E-state index contributed by atoms with van der Waals surface area (Å²) in [4.78, 5) is 84.1. The summed E-state index contributed by atoms with van der Waals surface area (Å²) in [6.45, 7) is -0.312. The van der Waals surface area contributed by atoms with E-state index in [1.165, 1.54) is 18.2 Å². The van der Waals surface area contributed by atoms with E-state index >= 15 is 0 Å². The van der Waals surface area contributed by atoms with E-state index in [1.807, 2.05) is 0 Å². The Bertz CT molecular complexity index is 1650. The maximum absolute atomic E-state index is 12.1. The number of nitrogens with zero attached hydrogens (tertiary/aromatic N) is 3. The molecule has 21 nitrogen and oxygen atoms in total. The highest BCUT2D eigenvalue weighted by molar-refractivity contribution is 7.47. The summed E-state index contributed by atoms with van der Waals surface area (Å²) < 4.78 is 72.9. The second-order valence-electron chi connectivity index (χ2n) is 9.69. The molecule has 1 saturated carbocycles. The summed E-state index contributed by atoms with van der Waals surface area (Å²) in [6.07, 6.45) is -13.8. The van der Waals surface area contributed by atoms with Crippen molar-refractivity contribution in [3.63, 3.8) is 0 Å². The molecule has 6 atom stereocenters. The molecule has 46 heavy (non-hydrogen) atoms. The molecule has 1 aliphatic rings. The second kappa shape index (κ2) is 14.7. The van der Waals surface area contributed by atoms with Gasteiger partial charge in [-0.2, -0.15) is 0 Å². The molecule has 0 radical (unpaired) electrons. The van der Waals surface area contributed by atoms with Crippen molar-refractivity contribution in [3.8, 4) is 0 Å². The molecule has 0 amide bonds. The van der Waals surface area contributed by atoms with Gasteiger partial charge in [-0.3, -0.25) is 18.1 Å². The summed E-state index contributed by atoms with van der Waals surface area (Å²) in [6, 6.07) is 14.9. The number of aromatic nitrogens is 3. The SMILES string of the molecule is O=P(O)(O)O[C@H]1[C@H](OP(=O)(O)O)[C@@H](OP(=O)(O)O)[C@@H](On2nnc3ccccc32)[C@@H](OCCCc2ccccc2)[C@@H]1OP(=O)(O)O. The Balaban J connectivity index is 1.86. The molecule has 256 valence electrons. The summed E-state index contributed by atoms with van der Waals surface area (Å²) in [7, 11) is -22.9. The maximum Gasteiger partial charge on any atom is 0.470 e. The Morgan fingerprint density at radius 2 is 1.07 bits per heavy atom. The molecule has 0 bridgehead atoms. The van der Waals surface area contributed by atoms with Crippen molar-refractivity contribution in [2.24, 2.45) is 0 Å². The molecule has 0 spiro atoms. The van der Waals surface area contributed by atoms with Crippen LogP contribution in [0.4, 0.5) is 0 Å². The molecule has 1 fully saturated rings. The second-order valence-corrected chi connectivity index (χ2v) is 14.5. The fourth-order valence-electron chi connectivity index (χ4n) is 4.73. The van der Waals surface area contributed by atoms with E-state index in [1.54, 1.807) is 36.4 Å².